The Morgan fingerprint density at radius 2 is 0.953 bits per heavy atom. The molecule has 1 aliphatic carbocycles. The smallest absolute Gasteiger partial charge is 0.762 e. The average Bonchev–Trinajstić information content (AvgIpc) is 3.23. The Balaban J connectivity index is 0.000000389. The summed E-state index contributed by atoms with van der Waals surface area (Å²) >= 11 is 24.0. The fraction of sp³-hybridized carbons (Fsp3) is 0.0638. The minimum Gasteiger partial charge on any atom is -1.00 e. The first-order valence-corrected chi connectivity index (χ1v) is 20.0. The molecule has 0 unspecified atom stereocenters. The van der Waals surface area contributed by atoms with E-state index in [4.69, 9.17) is 55.6 Å². The first kappa shape index (κ1) is 54.5. The Labute approximate surface area is 387 Å². The molecule has 0 saturated heterocycles. The van der Waals surface area contributed by atoms with Crippen molar-refractivity contribution in [2.45, 2.75) is 6.92 Å². The molecule has 0 bridgehead atoms. The molecule has 5 aromatic rings. The van der Waals surface area contributed by atoms with Gasteiger partial charge in [0.2, 0.25) is 0 Å². The molecule has 2 aliphatic rings. The van der Waals surface area contributed by atoms with E-state index < -0.39 is 15.1 Å². The van der Waals surface area contributed by atoms with Crippen LogP contribution < -0.4 is 9.41 Å². The topological polar surface area (TPSA) is 23.5 Å². The van der Waals surface area contributed by atoms with Crippen LogP contribution in [0, 0.1) is 6.92 Å². The van der Waals surface area contributed by atoms with E-state index in [1.54, 1.807) is 0 Å². The summed E-state index contributed by atoms with van der Waals surface area (Å²) in [4.78, 5) is 0. The van der Waals surface area contributed by atoms with Gasteiger partial charge in [-0.1, -0.05) is 88.9 Å². The Kier molecular flexibility index (Phi) is 23.5. The van der Waals surface area contributed by atoms with Crippen LogP contribution in [0.4, 0.5) is 25.9 Å². The fourth-order valence-corrected chi connectivity index (χ4v) is 6.07. The van der Waals surface area contributed by atoms with E-state index in [1.807, 2.05) is 161 Å². The van der Waals surface area contributed by atoms with Gasteiger partial charge in [-0.2, -0.15) is 0 Å². The van der Waals surface area contributed by atoms with Crippen molar-refractivity contribution in [1.82, 2.24) is 0 Å². The molecule has 3 nitrogen and oxygen atoms in total. The number of hydrogen-bond donors (Lipinski definition) is 0. The molecule has 0 N–H and O–H groups in total. The number of nitrogens with zero attached hydrogens (tertiary/aromatic N) is 1. The summed E-state index contributed by atoms with van der Waals surface area (Å²) in [7, 11) is -3.26. The van der Waals surface area contributed by atoms with Crippen LogP contribution in [0.2, 0.25) is 20.1 Å². The molecule has 0 spiro atoms. The number of allylic oxidation sites excluding steroid dienone is 12. The molecule has 1 aliphatic heterocycles. The fourth-order valence-electron chi connectivity index (χ4n) is 5.57. The van der Waals surface area contributed by atoms with Gasteiger partial charge in [-0.25, -0.2) is 8.99 Å². The molecule has 4 aromatic carbocycles. The number of rotatable bonds is 6. The molecule has 0 atom stereocenters. The maximum atomic E-state index is 9.67. The molecule has 332 valence electrons. The quantitative estimate of drug-likeness (QED) is 0.0733. The lowest BCUT2D eigenvalue weighted by atomic mass is 10.0. The van der Waals surface area contributed by atoms with E-state index >= 15 is 0 Å². The van der Waals surface area contributed by atoms with Crippen molar-refractivity contribution in [2.24, 2.45) is 0 Å². The van der Waals surface area contributed by atoms with Crippen molar-refractivity contribution in [3.63, 3.8) is 0 Å². The maximum Gasteiger partial charge on any atom is 0.762 e. The lowest BCUT2D eigenvalue weighted by Crippen LogP contribution is -3.00. The number of benzene rings is 4. The summed E-state index contributed by atoms with van der Waals surface area (Å²) in [5, 5.41) is 2.84. The summed E-state index contributed by atoms with van der Waals surface area (Å²) in [6, 6.07) is 34.9. The Morgan fingerprint density at radius 1 is 0.531 bits per heavy atom. The standard InChI is InChI=1S/C29H24Cl2NO.C18H13Cl2O.2BF3.2FH/c1-32(2)27-17-7-21(8-18-27)5-3-4-6-28-19-24(22-9-13-25(30)14-10-22)20-29(33-28)23-11-15-26(31)16-12-23;1-12-10-15(13-2-6-16(19)7-3-13)11-18(21-12)14-4-8-17(20)9-5-14;2*2-1(3)4;;/h3-20H,1-2H3;2-11H,1H3;;;2*1H/q2*+1;;;;/p-2. The summed E-state index contributed by atoms with van der Waals surface area (Å²) in [5.74, 6) is 3.19. The van der Waals surface area contributed by atoms with Crippen molar-refractivity contribution in [2.75, 3.05) is 14.1 Å². The molecule has 0 amide bonds. The zero-order chi connectivity index (χ0) is 45.2. The van der Waals surface area contributed by atoms with Crippen LogP contribution in [0.1, 0.15) is 16.9 Å². The predicted molar refractivity (Wildman–Crippen MR) is 248 cm³/mol. The molecule has 0 fully saturated rings. The normalized spacial score (nSPS) is 12.9. The Hall–Kier alpha value is -5.59. The third kappa shape index (κ3) is 19.0. The van der Waals surface area contributed by atoms with E-state index in [-0.39, 0.29) is 9.41 Å². The summed E-state index contributed by atoms with van der Waals surface area (Å²) in [6.45, 7) is 1.94. The minimum absolute atomic E-state index is 0. The second kappa shape index (κ2) is 27.6. The highest BCUT2D eigenvalue weighted by Gasteiger charge is 2.17. The molecule has 2 heterocycles. The summed E-state index contributed by atoms with van der Waals surface area (Å²) in [6.07, 6.45) is 20.5. The second-order valence-electron chi connectivity index (χ2n) is 13.2. The largest absolute Gasteiger partial charge is 1.00 e. The van der Waals surface area contributed by atoms with E-state index in [9.17, 15) is 25.9 Å². The minimum atomic E-state index is -3.67. The molecular weight excluding hydrogens is 926 g/mol. The van der Waals surface area contributed by atoms with Crippen molar-refractivity contribution < 1.29 is 49.0 Å². The molecule has 1 aromatic heterocycles. The summed E-state index contributed by atoms with van der Waals surface area (Å²) < 4.78 is 72.1. The van der Waals surface area contributed by atoms with E-state index in [0.717, 1.165) is 67.0 Å². The van der Waals surface area contributed by atoms with Crippen molar-refractivity contribution in [1.29, 1.82) is 0 Å². The van der Waals surface area contributed by atoms with Crippen LogP contribution in [0.15, 0.2) is 186 Å². The van der Waals surface area contributed by atoms with Crippen LogP contribution >= 0.6 is 46.4 Å². The van der Waals surface area contributed by atoms with Crippen molar-refractivity contribution >= 4 is 78.5 Å². The van der Waals surface area contributed by atoms with Gasteiger partial charge in [0.1, 0.15) is 25.6 Å². The molecule has 17 heteroatoms. The predicted octanol–water partition coefficient (Wildman–Crippen LogP) is 9.93. The Morgan fingerprint density at radius 3 is 1.42 bits per heavy atom. The first-order valence-electron chi connectivity index (χ1n) is 18.5. The van der Waals surface area contributed by atoms with Crippen LogP contribution in [-0.4, -0.2) is 39.5 Å². The third-order valence-electron chi connectivity index (χ3n) is 8.41. The molecular formula is C47H37B2Cl4F8NO2. The Bertz CT molecular complexity index is 2430. The molecule has 64 heavy (non-hydrogen) atoms. The van der Waals surface area contributed by atoms with Gasteiger partial charge in [-0.3, -0.25) is 25.9 Å². The number of ether oxygens (including phenoxy) is 1. The second-order valence-corrected chi connectivity index (χ2v) is 14.9. The highest BCUT2D eigenvalue weighted by molar-refractivity contribution is 6.33. The van der Waals surface area contributed by atoms with Crippen LogP contribution in [-0.2, 0) is 4.74 Å². The number of hydrogen-bond acceptors (Lipinski definition) is 1. The van der Waals surface area contributed by atoms with Gasteiger partial charge in [0.05, 0.1) is 18.6 Å². The highest BCUT2D eigenvalue weighted by Crippen LogP contribution is 2.33. The SMILES string of the molecule is C[N+](C)=C1C=CC(=CC=CC=C2C=C(c3ccc(Cl)cc3)C=C(c3ccc(Cl)cc3)O2)C=C1.Cc1cc(-c2ccc(Cl)cc2)cc(-c2ccc(Cl)cc2)[o+]1.FB(F)F.FB(F)F.[F-].[F-]. The maximum absolute atomic E-state index is 9.67. The number of halogens is 12. The number of aryl methyl sites for hydroxylation is 1. The molecule has 0 radical (unpaired) electrons. The first-order chi connectivity index (χ1) is 29.6. The van der Waals surface area contributed by atoms with Gasteiger partial charge in [-0.15, -0.1) is 0 Å². The van der Waals surface area contributed by atoms with Gasteiger partial charge >= 0.3 is 26.6 Å². The van der Waals surface area contributed by atoms with Crippen LogP contribution in [0.5, 0.6) is 0 Å². The van der Waals surface area contributed by atoms with Gasteiger partial charge in [0, 0.05) is 49.4 Å². The lowest BCUT2D eigenvalue weighted by Gasteiger charge is -2.18. The summed E-state index contributed by atoms with van der Waals surface area (Å²) in [5.41, 5.74) is 8.59. The van der Waals surface area contributed by atoms with Crippen LogP contribution in [0.25, 0.3) is 33.8 Å². The van der Waals surface area contributed by atoms with Crippen molar-refractivity contribution in [3.8, 4) is 22.5 Å². The third-order valence-corrected chi connectivity index (χ3v) is 9.42. The zero-order valence-corrected chi connectivity index (χ0v) is 37.1. The molecule has 7 rings (SSSR count). The van der Waals surface area contributed by atoms with E-state index in [0.29, 0.717) is 15.1 Å². The molecule has 0 saturated carbocycles. The highest BCUT2D eigenvalue weighted by atomic mass is 35.5. The lowest BCUT2D eigenvalue weighted by molar-refractivity contribution is -0.462. The van der Waals surface area contributed by atoms with Gasteiger partial charge in [-0.05, 0) is 125 Å². The van der Waals surface area contributed by atoms with E-state index in [2.05, 4.69) is 35.0 Å². The van der Waals surface area contributed by atoms with Crippen LogP contribution in [0.3, 0.4) is 0 Å². The van der Waals surface area contributed by atoms with E-state index in [1.165, 1.54) is 5.71 Å². The van der Waals surface area contributed by atoms with Gasteiger partial charge in [0.15, 0.2) is 5.71 Å². The van der Waals surface area contributed by atoms with Gasteiger partial charge in [0.25, 0.3) is 0 Å². The zero-order valence-electron chi connectivity index (χ0n) is 34.1. The monoisotopic (exact) mass is 961 g/mol. The van der Waals surface area contributed by atoms with Gasteiger partial charge < -0.3 is 14.1 Å². The average molecular weight is 963 g/mol. The van der Waals surface area contributed by atoms with Crippen molar-refractivity contribution in [3.05, 3.63) is 218 Å².